The standard InChI is InChI=1S/C12H22O11/c13-1-4(16)7(18)11(5(17)2-14)23-12-10(21)9(20)8(19)6(3-15)22-12/h5-15,17-21H,1-3H2/t5-,6-,7+,8-,9+,10-,11-,12+/m0/s1. The maximum Gasteiger partial charge on any atom is 0.189 e. The van der Waals surface area contributed by atoms with Crippen molar-refractivity contribution in [3.63, 3.8) is 0 Å². The van der Waals surface area contributed by atoms with Crippen molar-refractivity contribution in [3.05, 3.63) is 0 Å². The van der Waals surface area contributed by atoms with Crippen LogP contribution in [0.2, 0.25) is 0 Å². The van der Waals surface area contributed by atoms with Gasteiger partial charge in [0.2, 0.25) is 0 Å². The maximum absolute atomic E-state index is 11.3. The average Bonchev–Trinajstić information content (AvgIpc) is 2.57. The zero-order valence-corrected chi connectivity index (χ0v) is 12.0. The highest BCUT2D eigenvalue weighted by molar-refractivity contribution is 5.84. The molecule has 1 saturated heterocycles. The minimum atomic E-state index is -2.05. The Labute approximate surface area is 130 Å². The Morgan fingerprint density at radius 1 is 1.04 bits per heavy atom. The fourth-order valence-electron chi connectivity index (χ4n) is 2.09. The largest absolute Gasteiger partial charge is 0.394 e. The molecule has 0 bridgehead atoms. The molecule has 11 heteroatoms. The van der Waals surface area contributed by atoms with Gasteiger partial charge in [-0.15, -0.1) is 0 Å². The number of Topliss-reactive ketones (excluding diaryl/α,β-unsaturated/α-hetero) is 1. The second kappa shape index (κ2) is 8.94. The minimum Gasteiger partial charge on any atom is -0.394 e. The highest BCUT2D eigenvalue weighted by atomic mass is 16.7. The summed E-state index contributed by atoms with van der Waals surface area (Å²) in [6, 6.07) is 0. The van der Waals surface area contributed by atoms with E-state index < -0.39 is 74.6 Å². The first kappa shape index (κ1) is 20.3. The smallest absolute Gasteiger partial charge is 0.189 e. The predicted molar refractivity (Wildman–Crippen MR) is 69.8 cm³/mol. The summed E-state index contributed by atoms with van der Waals surface area (Å²) in [7, 11) is 0. The highest BCUT2D eigenvalue weighted by Crippen LogP contribution is 2.24. The number of rotatable bonds is 8. The molecule has 8 atom stereocenters. The summed E-state index contributed by atoms with van der Waals surface area (Å²) in [5.74, 6) is -1.12. The predicted octanol–water partition coefficient (Wildman–Crippen LogP) is -5.55. The Morgan fingerprint density at radius 2 is 1.65 bits per heavy atom. The Kier molecular flexibility index (Phi) is 7.89. The van der Waals surface area contributed by atoms with Gasteiger partial charge in [-0.25, -0.2) is 0 Å². The monoisotopic (exact) mass is 342 g/mol. The average molecular weight is 342 g/mol. The van der Waals surface area contributed by atoms with Crippen LogP contribution in [0.1, 0.15) is 0 Å². The van der Waals surface area contributed by atoms with Gasteiger partial charge in [-0.1, -0.05) is 0 Å². The molecule has 0 aromatic heterocycles. The van der Waals surface area contributed by atoms with E-state index in [4.69, 9.17) is 24.8 Å². The van der Waals surface area contributed by atoms with Crippen LogP contribution in [0.25, 0.3) is 0 Å². The molecular weight excluding hydrogens is 320 g/mol. The summed E-state index contributed by atoms with van der Waals surface area (Å²) in [6.45, 7) is -2.71. The van der Waals surface area contributed by atoms with Crippen molar-refractivity contribution in [1.82, 2.24) is 0 Å². The van der Waals surface area contributed by atoms with Crippen LogP contribution >= 0.6 is 0 Å². The first-order valence-corrected chi connectivity index (χ1v) is 6.85. The van der Waals surface area contributed by atoms with Crippen LogP contribution in [-0.4, -0.2) is 115 Å². The second-order valence-corrected chi connectivity index (χ2v) is 5.12. The lowest BCUT2D eigenvalue weighted by atomic mass is 9.98. The molecule has 8 N–H and O–H groups in total. The molecule has 136 valence electrons. The number of aliphatic hydroxyl groups excluding tert-OH is 8. The van der Waals surface area contributed by atoms with E-state index in [1.165, 1.54) is 0 Å². The fraction of sp³-hybridized carbons (Fsp3) is 0.917. The Hall–Kier alpha value is -0.730. The number of carbonyl (C=O) groups is 1. The van der Waals surface area contributed by atoms with E-state index in [0.717, 1.165) is 0 Å². The van der Waals surface area contributed by atoms with Gasteiger partial charge >= 0.3 is 0 Å². The van der Waals surface area contributed by atoms with Gasteiger partial charge in [0.1, 0.15) is 49.3 Å². The number of hydrogen-bond acceptors (Lipinski definition) is 11. The molecule has 0 radical (unpaired) electrons. The minimum absolute atomic E-state index is 0.726. The van der Waals surface area contributed by atoms with Crippen LogP contribution < -0.4 is 0 Å². The van der Waals surface area contributed by atoms with Crippen molar-refractivity contribution >= 4 is 5.78 Å². The van der Waals surface area contributed by atoms with E-state index in [1.54, 1.807) is 0 Å². The summed E-state index contributed by atoms with van der Waals surface area (Å²) in [6.07, 6.45) is -13.8. The van der Waals surface area contributed by atoms with Crippen LogP contribution in [-0.2, 0) is 14.3 Å². The Morgan fingerprint density at radius 3 is 2.13 bits per heavy atom. The van der Waals surface area contributed by atoms with Crippen LogP contribution in [0.3, 0.4) is 0 Å². The number of aliphatic hydroxyl groups is 8. The number of hydrogen-bond donors (Lipinski definition) is 8. The van der Waals surface area contributed by atoms with E-state index in [1.807, 2.05) is 0 Å². The third-order valence-electron chi connectivity index (χ3n) is 3.50. The lowest BCUT2D eigenvalue weighted by Crippen LogP contribution is -2.61. The molecule has 1 fully saturated rings. The first-order chi connectivity index (χ1) is 10.8. The van der Waals surface area contributed by atoms with Crippen molar-refractivity contribution in [2.45, 2.75) is 49.0 Å². The summed E-state index contributed by atoms with van der Waals surface area (Å²) in [5, 5.41) is 75.1. The van der Waals surface area contributed by atoms with E-state index in [9.17, 15) is 30.3 Å². The topological polar surface area (TPSA) is 197 Å². The third-order valence-corrected chi connectivity index (χ3v) is 3.50. The molecule has 1 aliphatic rings. The highest BCUT2D eigenvalue weighted by Gasteiger charge is 2.46. The van der Waals surface area contributed by atoms with Crippen LogP contribution in [0.5, 0.6) is 0 Å². The van der Waals surface area contributed by atoms with E-state index in [2.05, 4.69) is 0 Å². The van der Waals surface area contributed by atoms with Gasteiger partial charge in [-0.2, -0.15) is 0 Å². The molecular formula is C12H22O11. The van der Waals surface area contributed by atoms with Gasteiger partial charge in [0.25, 0.3) is 0 Å². The van der Waals surface area contributed by atoms with Crippen molar-refractivity contribution in [2.24, 2.45) is 0 Å². The maximum atomic E-state index is 11.3. The summed E-state index contributed by atoms with van der Waals surface area (Å²) >= 11 is 0. The lowest BCUT2D eigenvalue weighted by Gasteiger charge is -2.41. The van der Waals surface area contributed by atoms with Gasteiger partial charge in [0.15, 0.2) is 12.1 Å². The summed E-state index contributed by atoms with van der Waals surface area (Å²) in [4.78, 5) is 11.3. The van der Waals surface area contributed by atoms with Crippen molar-refractivity contribution in [1.29, 1.82) is 0 Å². The molecule has 1 aliphatic heterocycles. The first-order valence-electron chi connectivity index (χ1n) is 6.85. The second-order valence-electron chi connectivity index (χ2n) is 5.12. The normalized spacial score (nSPS) is 35.6. The molecule has 23 heavy (non-hydrogen) atoms. The SMILES string of the molecule is O=C(CO)[C@@H](O)[C@@H](O[C@H]1O[C@@H](CO)[C@H](O)[C@@H](O)[C@@H]1O)[C@@H](O)CO. The zero-order chi connectivity index (χ0) is 17.7. The van der Waals surface area contributed by atoms with Crippen LogP contribution in [0, 0.1) is 0 Å². The lowest BCUT2D eigenvalue weighted by molar-refractivity contribution is -0.323. The molecule has 1 rings (SSSR count). The Bertz CT molecular complexity index is 376. The molecule has 0 aliphatic carbocycles. The van der Waals surface area contributed by atoms with Gasteiger partial charge < -0.3 is 50.3 Å². The molecule has 1 heterocycles. The molecule has 0 aromatic carbocycles. The van der Waals surface area contributed by atoms with Gasteiger partial charge in [0, 0.05) is 0 Å². The number of ether oxygens (including phenoxy) is 2. The molecule has 0 spiro atoms. The number of ketones is 1. The molecule has 0 amide bonds. The quantitative estimate of drug-likeness (QED) is 0.209. The molecule has 0 aromatic rings. The summed E-state index contributed by atoms with van der Waals surface area (Å²) < 4.78 is 10.1. The van der Waals surface area contributed by atoms with Gasteiger partial charge in [0.05, 0.1) is 13.2 Å². The third kappa shape index (κ3) is 4.64. The van der Waals surface area contributed by atoms with E-state index in [0.29, 0.717) is 0 Å². The van der Waals surface area contributed by atoms with Gasteiger partial charge in [-0.3, -0.25) is 4.79 Å². The fourth-order valence-corrected chi connectivity index (χ4v) is 2.09. The zero-order valence-electron chi connectivity index (χ0n) is 12.0. The van der Waals surface area contributed by atoms with Crippen LogP contribution in [0.4, 0.5) is 0 Å². The molecule has 0 unspecified atom stereocenters. The number of carbonyl (C=O) groups excluding carboxylic acids is 1. The molecule has 11 nitrogen and oxygen atoms in total. The van der Waals surface area contributed by atoms with Crippen molar-refractivity contribution in [3.8, 4) is 0 Å². The molecule has 0 saturated carbocycles. The summed E-state index contributed by atoms with van der Waals surface area (Å²) in [5.41, 5.74) is 0. The van der Waals surface area contributed by atoms with Crippen molar-refractivity contribution in [2.75, 3.05) is 19.8 Å². The van der Waals surface area contributed by atoms with E-state index in [-0.39, 0.29) is 0 Å². The van der Waals surface area contributed by atoms with Crippen LogP contribution in [0.15, 0.2) is 0 Å². The Balaban J connectivity index is 2.91. The van der Waals surface area contributed by atoms with Crippen molar-refractivity contribution < 1.29 is 55.1 Å². The van der Waals surface area contributed by atoms with E-state index >= 15 is 0 Å². The van der Waals surface area contributed by atoms with Gasteiger partial charge in [-0.05, 0) is 0 Å².